The first-order chi connectivity index (χ1) is 5.84. The quantitative estimate of drug-likeness (QED) is 0.475. The number of hydrogen-bond donors (Lipinski definition) is 2. The molecule has 66 valence electrons. The molecule has 6 heteroatoms. The summed E-state index contributed by atoms with van der Waals surface area (Å²) in [5, 5.41) is 12.3. The Morgan fingerprint density at radius 2 is 2.58 bits per heavy atom. The van der Waals surface area contributed by atoms with Crippen LogP contribution in [0, 0.1) is 0 Å². The zero-order valence-electron chi connectivity index (χ0n) is 6.38. The molecular weight excluding hydrogens is 271 g/mol. The molecule has 0 bridgehead atoms. The van der Waals surface area contributed by atoms with E-state index >= 15 is 0 Å². The number of carbonyl (C=O) groups excluding carboxylic acids is 1. The topological polar surface area (TPSA) is 70.7 Å². The third kappa shape index (κ3) is 2.76. The number of carbonyl (C=O) groups is 1. The second-order valence-electron chi connectivity index (χ2n) is 2.15. The summed E-state index contributed by atoms with van der Waals surface area (Å²) in [4.78, 5) is 11.1. The number of nitrogens with one attached hydrogen (secondary N) is 2. The Bertz CT molecular complexity index is 236. The summed E-state index contributed by atoms with van der Waals surface area (Å²) in [6, 6.07) is 0. The summed E-state index contributed by atoms with van der Waals surface area (Å²) < 4.78 is 1.04. The Kier molecular flexibility index (Phi) is 3.98. The molecule has 0 saturated heterocycles. The summed E-state index contributed by atoms with van der Waals surface area (Å²) in [5.41, 5.74) is 0.337. The van der Waals surface area contributed by atoms with E-state index in [9.17, 15) is 4.79 Å². The van der Waals surface area contributed by atoms with Gasteiger partial charge in [-0.15, -0.1) is 0 Å². The Hall–Kier alpha value is -0.660. The first kappa shape index (κ1) is 9.43. The molecule has 0 fully saturated rings. The SMILES string of the molecule is O=C(NCCCI)c1cn[nH]n1. The molecule has 2 N–H and O–H groups in total. The molecule has 5 nitrogen and oxygen atoms in total. The monoisotopic (exact) mass is 280 g/mol. The molecule has 0 saturated carbocycles. The summed E-state index contributed by atoms with van der Waals surface area (Å²) >= 11 is 2.26. The van der Waals surface area contributed by atoms with Gasteiger partial charge in [0.25, 0.3) is 5.91 Å². The number of alkyl halides is 1. The lowest BCUT2D eigenvalue weighted by Gasteiger charge is -1.98. The maximum Gasteiger partial charge on any atom is 0.273 e. The van der Waals surface area contributed by atoms with Gasteiger partial charge in [0.05, 0.1) is 6.20 Å². The molecule has 0 unspecified atom stereocenters. The van der Waals surface area contributed by atoms with Gasteiger partial charge in [-0.05, 0) is 6.42 Å². The second kappa shape index (κ2) is 5.07. The van der Waals surface area contributed by atoms with E-state index in [1.54, 1.807) is 0 Å². The third-order valence-electron chi connectivity index (χ3n) is 1.24. The number of amides is 1. The average Bonchev–Trinajstić information content (AvgIpc) is 2.56. The maximum absolute atomic E-state index is 11.1. The molecule has 1 aromatic heterocycles. The lowest BCUT2D eigenvalue weighted by atomic mass is 10.4. The van der Waals surface area contributed by atoms with E-state index in [1.165, 1.54) is 6.20 Å². The molecule has 0 spiro atoms. The Morgan fingerprint density at radius 1 is 1.75 bits per heavy atom. The van der Waals surface area contributed by atoms with Crippen molar-refractivity contribution in [2.24, 2.45) is 0 Å². The van der Waals surface area contributed by atoms with Crippen LogP contribution in [0.25, 0.3) is 0 Å². The first-order valence-electron chi connectivity index (χ1n) is 3.54. The second-order valence-corrected chi connectivity index (χ2v) is 3.23. The molecule has 1 rings (SSSR count). The summed E-state index contributed by atoms with van der Waals surface area (Å²) in [6.45, 7) is 0.689. The summed E-state index contributed by atoms with van der Waals surface area (Å²) in [7, 11) is 0. The molecule has 12 heavy (non-hydrogen) atoms. The molecule has 1 amide bonds. The van der Waals surface area contributed by atoms with Gasteiger partial charge in [0, 0.05) is 11.0 Å². The van der Waals surface area contributed by atoms with Gasteiger partial charge in [0.2, 0.25) is 0 Å². The van der Waals surface area contributed by atoms with Gasteiger partial charge >= 0.3 is 0 Å². The van der Waals surface area contributed by atoms with Crippen LogP contribution in [0.5, 0.6) is 0 Å². The number of rotatable bonds is 4. The molecule has 0 radical (unpaired) electrons. The minimum Gasteiger partial charge on any atom is -0.351 e. The van der Waals surface area contributed by atoms with Crippen LogP contribution in [0.15, 0.2) is 6.20 Å². The molecule has 0 atom stereocenters. The normalized spacial score (nSPS) is 9.75. The number of aromatic amines is 1. The molecule has 0 aliphatic carbocycles. The smallest absolute Gasteiger partial charge is 0.273 e. The number of nitrogens with zero attached hydrogens (tertiary/aromatic N) is 2. The van der Waals surface area contributed by atoms with Gasteiger partial charge in [0.15, 0.2) is 5.69 Å². The number of hydrogen-bond acceptors (Lipinski definition) is 3. The molecular formula is C6H9IN4O. The van der Waals surface area contributed by atoms with Crippen molar-refractivity contribution in [2.45, 2.75) is 6.42 Å². The van der Waals surface area contributed by atoms with Gasteiger partial charge in [-0.2, -0.15) is 15.4 Å². The van der Waals surface area contributed by atoms with Crippen molar-refractivity contribution in [3.8, 4) is 0 Å². The Labute approximate surface area is 83.4 Å². The van der Waals surface area contributed by atoms with Crippen LogP contribution < -0.4 is 5.32 Å². The lowest BCUT2D eigenvalue weighted by Crippen LogP contribution is -2.24. The van der Waals surface area contributed by atoms with Gasteiger partial charge in [-0.3, -0.25) is 4.79 Å². The fourth-order valence-electron chi connectivity index (χ4n) is 0.670. The largest absolute Gasteiger partial charge is 0.351 e. The van der Waals surface area contributed by atoms with Crippen molar-refractivity contribution < 1.29 is 4.79 Å². The predicted molar refractivity (Wildman–Crippen MR) is 52.2 cm³/mol. The minimum atomic E-state index is -0.173. The standard InChI is InChI=1S/C6H9IN4O/c7-2-1-3-8-6(12)5-4-9-11-10-5/h4H,1-3H2,(H,8,12)(H,9,10,11). The van der Waals surface area contributed by atoms with Crippen molar-refractivity contribution in [3.63, 3.8) is 0 Å². The van der Waals surface area contributed by atoms with Crippen LogP contribution in [-0.2, 0) is 0 Å². The molecule has 1 aromatic rings. The van der Waals surface area contributed by atoms with Crippen LogP contribution in [0.2, 0.25) is 0 Å². The van der Waals surface area contributed by atoms with Crippen LogP contribution in [0.3, 0.4) is 0 Å². The van der Waals surface area contributed by atoms with Gasteiger partial charge in [0.1, 0.15) is 0 Å². The summed E-state index contributed by atoms with van der Waals surface area (Å²) in [6.07, 6.45) is 2.38. The lowest BCUT2D eigenvalue weighted by molar-refractivity contribution is 0.0949. The van der Waals surface area contributed by atoms with E-state index in [2.05, 4.69) is 43.3 Å². The van der Waals surface area contributed by atoms with Gasteiger partial charge < -0.3 is 5.32 Å². The highest BCUT2D eigenvalue weighted by molar-refractivity contribution is 14.1. The zero-order valence-corrected chi connectivity index (χ0v) is 8.54. The van der Waals surface area contributed by atoms with Crippen molar-refractivity contribution in [3.05, 3.63) is 11.9 Å². The van der Waals surface area contributed by atoms with Gasteiger partial charge in [-0.25, -0.2) is 0 Å². The van der Waals surface area contributed by atoms with Crippen LogP contribution >= 0.6 is 22.6 Å². The van der Waals surface area contributed by atoms with Crippen molar-refractivity contribution >= 4 is 28.5 Å². The molecule has 0 aromatic carbocycles. The van der Waals surface area contributed by atoms with E-state index in [-0.39, 0.29) is 5.91 Å². The fourth-order valence-corrected chi connectivity index (χ4v) is 1.05. The number of H-pyrrole nitrogens is 1. The number of aromatic nitrogens is 3. The first-order valence-corrected chi connectivity index (χ1v) is 5.07. The van der Waals surface area contributed by atoms with Crippen molar-refractivity contribution in [1.29, 1.82) is 0 Å². The highest BCUT2D eigenvalue weighted by Crippen LogP contribution is 1.89. The van der Waals surface area contributed by atoms with E-state index < -0.39 is 0 Å². The van der Waals surface area contributed by atoms with Crippen LogP contribution in [0.1, 0.15) is 16.9 Å². The zero-order chi connectivity index (χ0) is 8.81. The average molecular weight is 280 g/mol. The van der Waals surface area contributed by atoms with Gasteiger partial charge in [-0.1, -0.05) is 22.6 Å². The maximum atomic E-state index is 11.1. The third-order valence-corrected chi connectivity index (χ3v) is 2.01. The molecule has 1 heterocycles. The highest BCUT2D eigenvalue weighted by atomic mass is 127. The fraction of sp³-hybridized carbons (Fsp3) is 0.500. The Balaban J connectivity index is 2.30. The van der Waals surface area contributed by atoms with Crippen molar-refractivity contribution in [2.75, 3.05) is 11.0 Å². The van der Waals surface area contributed by atoms with Crippen molar-refractivity contribution in [1.82, 2.24) is 20.7 Å². The van der Waals surface area contributed by atoms with E-state index in [4.69, 9.17) is 0 Å². The van der Waals surface area contributed by atoms with E-state index in [0.717, 1.165) is 10.8 Å². The van der Waals surface area contributed by atoms with Crippen LogP contribution in [0.4, 0.5) is 0 Å². The molecule has 0 aliphatic rings. The van der Waals surface area contributed by atoms with E-state index in [0.29, 0.717) is 12.2 Å². The van der Waals surface area contributed by atoms with E-state index in [1.807, 2.05) is 0 Å². The number of halogens is 1. The Morgan fingerprint density at radius 3 is 3.17 bits per heavy atom. The minimum absolute atomic E-state index is 0.173. The van der Waals surface area contributed by atoms with Crippen LogP contribution in [-0.4, -0.2) is 32.3 Å². The molecule has 0 aliphatic heterocycles. The summed E-state index contributed by atoms with van der Waals surface area (Å²) in [5.74, 6) is -0.173. The predicted octanol–water partition coefficient (Wildman–Crippen LogP) is 0.360. The highest BCUT2D eigenvalue weighted by Gasteiger charge is 2.05.